The third-order valence-electron chi connectivity index (χ3n) is 9.55. The Morgan fingerprint density at radius 2 is 0.721 bits per heavy atom. The fourth-order valence-electron chi connectivity index (χ4n) is 7.80. The van der Waals surface area contributed by atoms with Crippen LogP contribution < -0.4 is 0 Å². The molecule has 0 aliphatic carbocycles. The lowest BCUT2D eigenvalue weighted by Gasteiger charge is -2.05. The Balaban J connectivity index is 1.50. The molecule has 0 bridgehead atoms. The van der Waals surface area contributed by atoms with Crippen molar-refractivity contribution in [3.05, 3.63) is 121 Å². The number of aromatic amines is 1. The molecule has 0 unspecified atom stereocenters. The summed E-state index contributed by atoms with van der Waals surface area (Å²) in [7, 11) is 0. The summed E-state index contributed by atoms with van der Waals surface area (Å²) in [5.41, 5.74) is 5.73. The SMILES string of the molecule is c1ccc2c(c1)ccc1oc3c(c4ccccc4c4[nH]c5c6ccccc6c6c(oc7ccc8ccccc8c76)c5c43)c12. The van der Waals surface area contributed by atoms with Crippen molar-refractivity contribution in [3.63, 3.8) is 0 Å². The molecule has 0 spiro atoms. The summed E-state index contributed by atoms with van der Waals surface area (Å²) in [5.74, 6) is 0. The molecule has 0 aliphatic heterocycles. The number of aromatic nitrogens is 1. The van der Waals surface area contributed by atoms with Crippen LogP contribution in [0.4, 0.5) is 0 Å². The number of hydrogen-bond acceptors (Lipinski definition) is 2. The highest BCUT2D eigenvalue weighted by molar-refractivity contribution is 6.43. The van der Waals surface area contributed by atoms with Crippen LogP contribution in [0.5, 0.6) is 0 Å². The van der Waals surface area contributed by atoms with Crippen molar-refractivity contribution in [3.8, 4) is 0 Å². The fraction of sp³-hybridized carbons (Fsp3) is 0. The van der Waals surface area contributed by atoms with Gasteiger partial charge in [0.1, 0.15) is 22.3 Å². The molecular weight excluding hydrogens is 526 g/mol. The van der Waals surface area contributed by atoms with Gasteiger partial charge in [0.15, 0.2) is 0 Å². The molecule has 0 saturated carbocycles. The minimum Gasteiger partial charge on any atom is -0.455 e. The number of benzene rings is 8. The van der Waals surface area contributed by atoms with Gasteiger partial charge in [0, 0.05) is 32.3 Å². The maximum absolute atomic E-state index is 6.89. The Labute approximate surface area is 243 Å². The average Bonchev–Trinajstić information content (AvgIpc) is 3.77. The molecule has 0 radical (unpaired) electrons. The van der Waals surface area contributed by atoms with E-state index in [2.05, 4.69) is 126 Å². The smallest absolute Gasteiger partial charge is 0.146 e. The van der Waals surface area contributed by atoms with Crippen molar-refractivity contribution in [2.75, 3.05) is 0 Å². The minimum absolute atomic E-state index is 0.896. The van der Waals surface area contributed by atoms with Crippen LogP contribution in [0, 0.1) is 0 Å². The van der Waals surface area contributed by atoms with Crippen LogP contribution in [0.1, 0.15) is 0 Å². The van der Waals surface area contributed by atoms with Gasteiger partial charge in [-0.3, -0.25) is 0 Å². The highest BCUT2D eigenvalue weighted by atomic mass is 16.3. The van der Waals surface area contributed by atoms with E-state index in [9.17, 15) is 0 Å². The second-order valence-electron chi connectivity index (χ2n) is 11.6. The van der Waals surface area contributed by atoms with Gasteiger partial charge in [-0.05, 0) is 44.5 Å². The van der Waals surface area contributed by atoms with Gasteiger partial charge in [0.25, 0.3) is 0 Å². The molecule has 198 valence electrons. The summed E-state index contributed by atoms with van der Waals surface area (Å²) in [6, 6.07) is 43.1. The molecule has 11 aromatic rings. The normalized spacial score (nSPS) is 12.7. The summed E-state index contributed by atoms with van der Waals surface area (Å²) < 4.78 is 13.8. The number of fused-ring (bicyclic) bond motifs is 21. The van der Waals surface area contributed by atoms with Gasteiger partial charge in [-0.15, -0.1) is 0 Å². The van der Waals surface area contributed by atoms with Crippen LogP contribution in [0.15, 0.2) is 130 Å². The molecule has 0 aliphatic rings. The predicted octanol–water partition coefficient (Wildman–Crippen LogP) is 11.7. The quantitative estimate of drug-likeness (QED) is 0.205. The van der Waals surface area contributed by atoms with E-state index in [1.165, 1.54) is 43.1 Å². The zero-order chi connectivity index (χ0) is 27.8. The van der Waals surface area contributed by atoms with E-state index >= 15 is 0 Å². The first-order chi connectivity index (χ1) is 21.3. The predicted molar refractivity (Wildman–Crippen MR) is 180 cm³/mol. The van der Waals surface area contributed by atoms with Crippen molar-refractivity contribution in [1.29, 1.82) is 0 Å². The van der Waals surface area contributed by atoms with Crippen LogP contribution in [0.2, 0.25) is 0 Å². The lowest BCUT2D eigenvalue weighted by molar-refractivity contribution is 0.670. The third-order valence-corrected chi connectivity index (χ3v) is 9.55. The monoisotopic (exact) mass is 547 g/mol. The van der Waals surface area contributed by atoms with Gasteiger partial charge < -0.3 is 13.8 Å². The minimum atomic E-state index is 0.896. The van der Waals surface area contributed by atoms with Gasteiger partial charge >= 0.3 is 0 Å². The highest BCUT2D eigenvalue weighted by Gasteiger charge is 2.25. The van der Waals surface area contributed by atoms with Crippen LogP contribution in [-0.4, -0.2) is 4.98 Å². The molecule has 43 heavy (non-hydrogen) atoms. The maximum Gasteiger partial charge on any atom is 0.146 e. The molecule has 3 heteroatoms. The van der Waals surface area contributed by atoms with Crippen molar-refractivity contribution < 1.29 is 8.83 Å². The Morgan fingerprint density at radius 1 is 0.326 bits per heavy atom. The molecule has 0 saturated heterocycles. The van der Waals surface area contributed by atoms with E-state index in [0.717, 1.165) is 65.7 Å². The number of hydrogen-bond donors (Lipinski definition) is 1. The van der Waals surface area contributed by atoms with Crippen molar-refractivity contribution >= 4 is 109 Å². The highest BCUT2D eigenvalue weighted by Crippen LogP contribution is 2.50. The number of nitrogens with one attached hydrogen (secondary N) is 1. The van der Waals surface area contributed by atoms with Gasteiger partial charge in [0.2, 0.25) is 0 Å². The molecule has 0 fully saturated rings. The summed E-state index contributed by atoms with van der Waals surface area (Å²) in [5, 5.41) is 16.3. The summed E-state index contributed by atoms with van der Waals surface area (Å²) >= 11 is 0. The molecule has 11 rings (SSSR count). The van der Waals surface area contributed by atoms with E-state index < -0.39 is 0 Å². The largest absolute Gasteiger partial charge is 0.455 e. The molecule has 3 aromatic heterocycles. The van der Waals surface area contributed by atoms with E-state index in [1.54, 1.807) is 0 Å². The Hall–Kier alpha value is -5.80. The zero-order valence-corrected chi connectivity index (χ0v) is 22.9. The van der Waals surface area contributed by atoms with E-state index in [1.807, 2.05) is 0 Å². The van der Waals surface area contributed by atoms with Gasteiger partial charge in [0.05, 0.1) is 21.8 Å². The van der Waals surface area contributed by atoms with Crippen LogP contribution >= 0.6 is 0 Å². The summed E-state index contributed by atoms with van der Waals surface area (Å²) in [6.07, 6.45) is 0. The third kappa shape index (κ3) is 2.58. The Bertz CT molecular complexity index is 2800. The lowest BCUT2D eigenvalue weighted by Crippen LogP contribution is -1.80. The molecule has 0 atom stereocenters. The van der Waals surface area contributed by atoms with E-state index in [0.29, 0.717) is 0 Å². The lowest BCUT2D eigenvalue weighted by atomic mass is 9.95. The molecule has 3 heterocycles. The molecule has 3 nitrogen and oxygen atoms in total. The van der Waals surface area contributed by atoms with Crippen molar-refractivity contribution in [2.45, 2.75) is 0 Å². The number of furan rings is 2. The van der Waals surface area contributed by atoms with Gasteiger partial charge in [-0.25, -0.2) is 0 Å². The van der Waals surface area contributed by atoms with Crippen molar-refractivity contribution in [2.24, 2.45) is 0 Å². The van der Waals surface area contributed by atoms with Crippen LogP contribution in [-0.2, 0) is 0 Å². The fourth-order valence-corrected chi connectivity index (χ4v) is 7.80. The zero-order valence-electron chi connectivity index (χ0n) is 22.9. The van der Waals surface area contributed by atoms with Crippen LogP contribution in [0.25, 0.3) is 109 Å². The first-order valence-electron chi connectivity index (χ1n) is 14.7. The average molecular weight is 548 g/mol. The van der Waals surface area contributed by atoms with Crippen LogP contribution in [0.3, 0.4) is 0 Å². The first kappa shape index (κ1) is 21.9. The van der Waals surface area contributed by atoms with E-state index in [-0.39, 0.29) is 0 Å². The Kier molecular flexibility index (Phi) is 3.83. The number of H-pyrrole nitrogens is 1. The van der Waals surface area contributed by atoms with Crippen molar-refractivity contribution in [1.82, 2.24) is 4.98 Å². The topological polar surface area (TPSA) is 42.1 Å². The maximum atomic E-state index is 6.89. The molecule has 1 N–H and O–H groups in total. The summed E-state index contributed by atoms with van der Waals surface area (Å²) in [6.45, 7) is 0. The number of rotatable bonds is 0. The summed E-state index contributed by atoms with van der Waals surface area (Å²) in [4.78, 5) is 3.89. The molecule has 8 aromatic carbocycles. The molecule has 0 amide bonds. The second-order valence-corrected chi connectivity index (χ2v) is 11.6. The van der Waals surface area contributed by atoms with Gasteiger partial charge in [-0.2, -0.15) is 0 Å². The molecular formula is C40H21NO2. The first-order valence-corrected chi connectivity index (χ1v) is 14.7. The second kappa shape index (κ2) is 7.53. The van der Waals surface area contributed by atoms with E-state index in [4.69, 9.17) is 8.83 Å². The van der Waals surface area contributed by atoms with Gasteiger partial charge in [-0.1, -0.05) is 109 Å². The Morgan fingerprint density at radius 3 is 1.19 bits per heavy atom. The standard InChI is InChI=1S/C40H21NO2/c1-3-11-23-21(9-1)17-19-29-31(23)33-25-13-5-7-15-27(25)37-35(39(33)42-29)36-38(41-37)28-16-8-6-14-26(28)34-32-24-12-4-2-10-22(24)18-20-30(32)43-40(34)36/h1-20,41H.